The van der Waals surface area contributed by atoms with E-state index in [1.165, 1.54) is 22.7 Å². The molecule has 0 amide bonds. The van der Waals surface area contributed by atoms with Gasteiger partial charge in [0.1, 0.15) is 0 Å². The Balaban J connectivity index is 1.85. The summed E-state index contributed by atoms with van der Waals surface area (Å²) in [5.41, 5.74) is 2.69. The zero-order valence-corrected chi connectivity index (χ0v) is 12.5. The van der Waals surface area contributed by atoms with Gasteiger partial charge in [-0.25, -0.2) is 0 Å². The van der Waals surface area contributed by atoms with Crippen LogP contribution in [0, 0.1) is 11.8 Å². The molecule has 0 saturated heterocycles. The third-order valence-corrected chi connectivity index (χ3v) is 4.47. The monoisotopic (exact) mass is 310 g/mol. The molecule has 0 spiro atoms. The second-order valence-corrected chi connectivity index (χ2v) is 5.80. The molecule has 0 aromatic heterocycles. The van der Waals surface area contributed by atoms with Crippen LogP contribution in [0.5, 0.6) is 0 Å². The molecule has 1 aliphatic rings. The van der Waals surface area contributed by atoms with E-state index < -0.39 is 0 Å². The molecule has 0 radical (unpaired) electrons. The van der Waals surface area contributed by atoms with Crippen LogP contribution >= 0.6 is 15.9 Å². The van der Waals surface area contributed by atoms with Crippen LogP contribution in [-0.2, 0) is 22.4 Å². The van der Waals surface area contributed by atoms with Gasteiger partial charge in [0.25, 0.3) is 0 Å². The second kappa shape index (κ2) is 5.87. The molecule has 1 saturated carbocycles. The van der Waals surface area contributed by atoms with E-state index in [9.17, 15) is 4.79 Å². The number of halogens is 1. The molecule has 0 aliphatic heterocycles. The Bertz CT molecular complexity index is 442. The maximum atomic E-state index is 11.3. The number of rotatable bonds is 5. The minimum absolute atomic E-state index is 0.0393. The van der Waals surface area contributed by atoms with Crippen molar-refractivity contribution in [1.82, 2.24) is 0 Å². The zero-order valence-electron chi connectivity index (χ0n) is 10.9. The van der Waals surface area contributed by atoms with Crippen LogP contribution in [0.25, 0.3) is 0 Å². The van der Waals surface area contributed by atoms with Gasteiger partial charge in [0.05, 0.1) is 13.0 Å². The molecule has 1 aromatic carbocycles. The van der Waals surface area contributed by atoms with Gasteiger partial charge in [-0.05, 0) is 48.8 Å². The minimum atomic E-state index is -0.0393. The number of hydrogen-bond acceptors (Lipinski definition) is 2. The first-order valence-electron chi connectivity index (χ1n) is 6.50. The molecular formula is C15H19BrO2. The Morgan fingerprint density at radius 2 is 2.28 bits per heavy atom. The normalized spacial score (nSPS) is 21.7. The smallest absolute Gasteiger partial charge is 0.308 e. The summed E-state index contributed by atoms with van der Waals surface area (Å²) in [5, 5.41) is 0. The van der Waals surface area contributed by atoms with E-state index in [2.05, 4.69) is 41.1 Å². The van der Waals surface area contributed by atoms with Crippen molar-refractivity contribution >= 4 is 21.9 Å². The fourth-order valence-corrected chi connectivity index (χ4v) is 3.10. The first-order valence-corrected chi connectivity index (χ1v) is 7.30. The van der Waals surface area contributed by atoms with E-state index in [0.717, 1.165) is 25.7 Å². The molecule has 1 aromatic rings. The predicted octanol–water partition coefficient (Wildman–Crippen LogP) is 3.75. The molecule has 2 unspecified atom stereocenters. The number of carbonyl (C=O) groups is 1. The molecule has 2 rings (SSSR count). The summed E-state index contributed by atoms with van der Waals surface area (Å²) in [6, 6.07) is 6.58. The molecule has 1 fully saturated rings. The second-order valence-electron chi connectivity index (χ2n) is 4.94. The predicted molar refractivity (Wildman–Crippen MR) is 75.5 cm³/mol. The number of esters is 1. The van der Waals surface area contributed by atoms with Gasteiger partial charge in [-0.1, -0.05) is 35.0 Å². The largest absolute Gasteiger partial charge is 0.469 e. The highest BCUT2D eigenvalue weighted by atomic mass is 79.9. The fraction of sp³-hybridized carbons (Fsp3) is 0.533. The Morgan fingerprint density at radius 3 is 2.89 bits per heavy atom. The van der Waals surface area contributed by atoms with Crippen molar-refractivity contribution in [2.45, 2.75) is 32.6 Å². The van der Waals surface area contributed by atoms with E-state index in [1.807, 2.05) is 0 Å². The first kappa shape index (κ1) is 13.6. The third-order valence-electron chi connectivity index (χ3n) is 3.73. The summed E-state index contributed by atoms with van der Waals surface area (Å²) in [7, 11) is 1.47. The Morgan fingerprint density at radius 1 is 1.50 bits per heavy atom. The molecular weight excluding hydrogens is 292 g/mol. The maximum Gasteiger partial charge on any atom is 0.308 e. The van der Waals surface area contributed by atoms with Crippen LogP contribution in [-0.4, -0.2) is 13.1 Å². The lowest BCUT2D eigenvalue weighted by molar-refractivity contribution is -0.142. The van der Waals surface area contributed by atoms with Gasteiger partial charge in [0, 0.05) is 4.47 Å². The number of ether oxygens (including phenoxy) is 1. The summed E-state index contributed by atoms with van der Waals surface area (Å²) in [5.74, 6) is 0.651. The molecule has 0 heterocycles. The minimum Gasteiger partial charge on any atom is -0.469 e. The lowest BCUT2D eigenvalue weighted by Crippen LogP contribution is -2.04. The molecule has 18 heavy (non-hydrogen) atoms. The summed E-state index contributed by atoms with van der Waals surface area (Å²) in [6.45, 7) is 2.16. The average molecular weight is 311 g/mol. The zero-order chi connectivity index (χ0) is 13.1. The lowest BCUT2D eigenvalue weighted by atomic mass is 10.0. The summed E-state index contributed by atoms with van der Waals surface area (Å²) in [6.07, 6.45) is 4.17. The van der Waals surface area contributed by atoms with Gasteiger partial charge in [0.2, 0.25) is 0 Å². The molecule has 2 atom stereocenters. The SMILES string of the molecule is CCc1ccc(CCC2CC2C(=O)OC)cc1Br. The van der Waals surface area contributed by atoms with Crippen LogP contribution in [0.2, 0.25) is 0 Å². The van der Waals surface area contributed by atoms with Crippen LogP contribution < -0.4 is 0 Å². The van der Waals surface area contributed by atoms with Crippen molar-refractivity contribution in [3.63, 3.8) is 0 Å². The molecule has 1 aliphatic carbocycles. The standard InChI is InChI=1S/C15H19BrO2/c1-3-11-6-4-10(8-14(11)16)5-7-12-9-13(12)15(17)18-2/h4,6,8,12-13H,3,5,7,9H2,1-2H3. The maximum absolute atomic E-state index is 11.3. The highest BCUT2D eigenvalue weighted by Crippen LogP contribution is 2.42. The highest BCUT2D eigenvalue weighted by Gasteiger charge is 2.43. The van der Waals surface area contributed by atoms with Gasteiger partial charge in [-0.3, -0.25) is 4.79 Å². The van der Waals surface area contributed by atoms with Crippen LogP contribution in [0.1, 0.15) is 30.9 Å². The van der Waals surface area contributed by atoms with Gasteiger partial charge < -0.3 is 4.74 Å². The molecule has 0 bridgehead atoms. The Hall–Kier alpha value is -0.830. The molecule has 0 N–H and O–H groups in total. The topological polar surface area (TPSA) is 26.3 Å². The van der Waals surface area contributed by atoms with Gasteiger partial charge in [-0.15, -0.1) is 0 Å². The van der Waals surface area contributed by atoms with E-state index in [4.69, 9.17) is 4.74 Å². The third kappa shape index (κ3) is 3.14. The Kier molecular flexibility index (Phi) is 4.44. The number of benzene rings is 1. The first-order chi connectivity index (χ1) is 8.65. The van der Waals surface area contributed by atoms with E-state index in [0.29, 0.717) is 5.92 Å². The van der Waals surface area contributed by atoms with Crippen molar-refractivity contribution in [3.05, 3.63) is 33.8 Å². The molecule has 3 heteroatoms. The van der Waals surface area contributed by atoms with Crippen molar-refractivity contribution < 1.29 is 9.53 Å². The van der Waals surface area contributed by atoms with Gasteiger partial charge in [-0.2, -0.15) is 0 Å². The average Bonchev–Trinajstić information content (AvgIpc) is 3.15. The fourth-order valence-electron chi connectivity index (χ4n) is 2.39. The summed E-state index contributed by atoms with van der Waals surface area (Å²) < 4.78 is 5.96. The quantitative estimate of drug-likeness (QED) is 0.774. The van der Waals surface area contributed by atoms with E-state index in [-0.39, 0.29) is 11.9 Å². The Labute approximate surface area is 117 Å². The van der Waals surface area contributed by atoms with Crippen molar-refractivity contribution in [2.24, 2.45) is 11.8 Å². The van der Waals surface area contributed by atoms with Crippen LogP contribution in [0.3, 0.4) is 0 Å². The van der Waals surface area contributed by atoms with Crippen LogP contribution in [0.15, 0.2) is 22.7 Å². The number of aryl methyl sites for hydroxylation is 2. The summed E-state index contributed by atoms with van der Waals surface area (Å²) in [4.78, 5) is 11.3. The van der Waals surface area contributed by atoms with Gasteiger partial charge in [0.15, 0.2) is 0 Å². The number of carbonyl (C=O) groups excluding carboxylic acids is 1. The molecule has 2 nitrogen and oxygen atoms in total. The van der Waals surface area contributed by atoms with Gasteiger partial charge >= 0.3 is 5.97 Å². The van der Waals surface area contributed by atoms with Crippen LogP contribution in [0.4, 0.5) is 0 Å². The molecule has 98 valence electrons. The number of methoxy groups -OCH3 is 1. The van der Waals surface area contributed by atoms with E-state index >= 15 is 0 Å². The van der Waals surface area contributed by atoms with E-state index in [1.54, 1.807) is 0 Å². The lowest BCUT2D eigenvalue weighted by Gasteiger charge is -2.05. The highest BCUT2D eigenvalue weighted by molar-refractivity contribution is 9.10. The van der Waals surface area contributed by atoms with Crippen molar-refractivity contribution in [2.75, 3.05) is 7.11 Å². The van der Waals surface area contributed by atoms with Crippen molar-refractivity contribution in [3.8, 4) is 0 Å². The van der Waals surface area contributed by atoms with Crippen molar-refractivity contribution in [1.29, 1.82) is 0 Å². The summed E-state index contributed by atoms with van der Waals surface area (Å²) >= 11 is 3.60. The number of hydrogen-bond donors (Lipinski definition) is 0.